The minimum absolute atomic E-state index is 0.314. The van der Waals surface area contributed by atoms with Gasteiger partial charge in [-0.15, -0.1) is 0 Å². The summed E-state index contributed by atoms with van der Waals surface area (Å²) < 4.78 is 0. The zero-order valence-corrected chi connectivity index (χ0v) is 20.3. The number of hydrogen-bond donors (Lipinski definition) is 0. The van der Waals surface area contributed by atoms with Crippen molar-refractivity contribution < 1.29 is 4.79 Å². The molecule has 9 atom stereocenters. The van der Waals surface area contributed by atoms with E-state index in [9.17, 15) is 4.79 Å². The molecule has 0 amide bonds. The van der Waals surface area contributed by atoms with Gasteiger partial charge in [-0.2, -0.15) is 0 Å². The van der Waals surface area contributed by atoms with E-state index in [4.69, 9.17) is 0 Å². The van der Waals surface area contributed by atoms with Crippen LogP contribution in [-0.4, -0.2) is 5.78 Å². The van der Waals surface area contributed by atoms with Crippen molar-refractivity contribution in [2.75, 3.05) is 0 Å². The molecule has 0 aromatic carbocycles. The van der Waals surface area contributed by atoms with Gasteiger partial charge in [-0.25, -0.2) is 0 Å². The summed E-state index contributed by atoms with van der Waals surface area (Å²) in [6.07, 6.45) is 15.0. The largest absolute Gasteiger partial charge is 0.299 e. The van der Waals surface area contributed by atoms with E-state index in [1.54, 1.807) is 0 Å². The number of ketones is 1. The summed E-state index contributed by atoms with van der Waals surface area (Å²) in [7, 11) is 0. The summed E-state index contributed by atoms with van der Waals surface area (Å²) in [4.78, 5) is 13.0. The van der Waals surface area contributed by atoms with Gasteiger partial charge < -0.3 is 0 Å². The van der Waals surface area contributed by atoms with Crippen molar-refractivity contribution in [3.05, 3.63) is 0 Å². The molecule has 0 saturated heterocycles. The maximum absolute atomic E-state index is 13.0. The molecule has 0 aromatic rings. The Bertz CT molecular complexity index is 607. The van der Waals surface area contributed by atoms with Crippen LogP contribution >= 0.6 is 0 Å². The second kappa shape index (κ2) is 7.98. The van der Waals surface area contributed by atoms with Crippen LogP contribution in [0.15, 0.2) is 0 Å². The first-order valence-corrected chi connectivity index (χ1v) is 13.2. The zero-order valence-electron chi connectivity index (χ0n) is 20.3. The van der Waals surface area contributed by atoms with Crippen molar-refractivity contribution in [2.45, 2.75) is 112 Å². The highest BCUT2D eigenvalue weighted by Gasteiger charge is 2.61. The van der Waals surface area contributed by atoms with Crippen LogP contribution in [0.5, 0.6) is 0 Å². The molecular weight excluding hydrogens is 352 g/mol. The molecule has 1 nitrogen and oxygen atoms in total. The van der Waals surface area contributed by atoms with Gasteiger partial charge in [0.25, 0.3) is 0 Å². The average Bonchev–Trinajstić information content (AvgIpc) is 3.02. The Morgan fingerprint density at radius 2 is 1.55 bits per heavy atom. The van der Waals surface area contributed by atoms with Crippen molar-refractivity contribution in [1.29, 1.82) is 0 Å². The number of carbonyl (C=O) groups excluding carboxylic acids is 1. The van der Waals surface area contributed by atoms with Crippen molar-refractivity contribution in [3.8, 4) is 0 Å². The van der Waals surface area contributed by atoms with Crippen molar-refractivity contribution in [1.82, 2.24) is 0 Å². The fourth-order valence-electron chi connectivity index (χ4n) is 9.32. The molecule has 4 aliphatic carbocycles. The van der Waals surface area contributed by atoms with E-state index in [-0.39, 0.29) is 0 Å². The highest BCUT2D eigenvalue weighted by molar-refractivity contribution is 5.84. The third-order valence-corrected chi connectivity index (χ3v) is 11.0. The highest BCUT2D eigenvalue weighted by atomic mass is 16.1. The van der Waals surface area contributed by atoms with E-state index < -0.39 is 0 Å². The summed E-state index contributed by atoms with van der Waals surface area (Å²) >= 11 is 0. The van der Waals surface area contributed by atoms with Crippen molar-refractivity contribution in [2.24, 2.45) is 58.2 Å². The number of rotatable bonds is 5. The van der Waals surface area contributed by atoms with Gasteiger partial charge in [0, 0.05) is 11.8 Å². The molecule has 0 radical (unpaired) electrons. The summed E-state index contributed by atoms with van der Waals surface area (Å²) in [5, 5.41) is 0. The van der Waals surface area contributed by atoms with Gasteiger partial charge >= 0.3 is 0 Å². The normalized spacial score (nSPS) is 48.2. The summed E-state index contributed by atoms with van der Waals surface area (Å²) in [6.45, 7) is 14.7. The fraction of sp³-hybridized carbons (Fsp3) is 0.964. The minimum Gasteiger partial charge on any atom is -0.299 e. The van der Waals surface area contributed by atoms with Gasteiger partial charge in [0.15, 0.2) is 0 Å². The molecule has 0 heterocycles. The van der Waals surface area contributed by atoms with Crippen molar-refractivity contribution in [3.63, 3.8) is 0 Å². The second-order valence-corrected chi connectivity index (χ2v) is 12.9. The topological polar surface area (TPSA) is 17.1 Å². The van der Waals surface area contributed by atoms with E-state index in [0.29, 0.717) is 28.4 Å². The third-order valence-electron chi connectivity index (χ3n) is 11.0. The molecule has 0 spiro atoms. The molecule has 4 rings (SSSR count). The molecule has 29 heavy (non-hydrogen) atoms. The van der Waals surface area contributed by atoms with Gasteiger partial charge in [0.1, 0.15) is 5.78 Å². The SMILES string of the molecule is CC(C)CCC[C@@H](C)[C@H]1CC[C@H]2[C@@H]3CCC4C(=O)C(C)CC[C@]4(C)[C@H]3CC[C@]12C. The van der Waals surface area contributed by atoms with Gasteiger partial charge in [-0.3, -0.25) is 4.79 Å². The lowest BCUT2D eigenvalue weighted by molar-refractivity contribution is -0.154. The molecule has 1 heteroatoms. The highest BCUT2D eigenvalue weighted by Crippen LogP contribution is 2.68. The maximum atomic E-state index is 13.0. The molecule has 166 valence electrons. The quantitative estimate of drug-likeness (QED) is 0.458. The van der Waals surface area contributed by atoms with Crippen LogP contribution in [0, 0.1) is 58.2 Å². The number of fused-ring (bicyclic) bond motifs is 5. The van der Waals surface area contributed by atoms with Gasteiger partial charge in [0.2, 0.25) is 0 Å². The number of Topliss-reactive ketones (excluding diaryl/α,β-unsaturated/α-hetero) is 1. The average molecular weight is 401 g/mol. The van der Waals surface area contributed by atoms with E-state index in [1.807, 2.05) is 0 Å². The van der Waals surface area contributed by atoms with Crippen LogP contribution in [0.2, 0.25) is 0 Å². The van der Waals surface area contributed by atoms with Gasteiger partial charge in [0.05, 0.1) is 0 Å². The Morgan fingerprint density at radius 3 is 2.28 bits per heavy atom. The van der Waals surface area contributed by atoms with Crippen LogP contribution in [-0.2, 0) is 4.79 Å². The lowest BCUT2D eigenvalue weighted by Crippen LogP contribution is -2.56. The van der Waals surface area contributed by atoms with Crippen molar-refractivity contribution >= 4 is 5.78 Å². The lowest BCUT2D eigenvalue weighted by Gasteiger charge is -2.60. The molecule has 0 bridgehead atoms. The Balaban J connectivity index is 1.48. The van der Waals surface area contributed by atoms with E-state index in [1.165, 1.54) is 64.2 Å². The fourth-order valence-corrected chi connectivity index (χ4v) is 9.32. The first kappa shape index (κ1) is 21.9. The maximum Gasteiger partial charge on any atom is 0.139 e. The number of carbonyl (C=O) groups is 1. The number of hydrogen-bond acceptors (Lipinski definition) is 1. The monoisotopic (exact) mass is 400 g/mol. The molecule has 4 saturated carbocycles. The van der Waals surface area contributed by atoms with E-state index >= 15 is 0 Å². The smallest absolute Gasteiger partial charge is 0.139 e. The first-order chi connectivity index (χ1) is 13.7. The first-order valence-electron chi connectivity index (χ1n) is 13.2. The van der Waals surface area contributed by atoms with Gasteiger partial charge in [-0.1, -0.05) is 60.8 Å². The Morgan fingerprint density at radius 1 is 0.862 bits per heavy atom. The summed E-state index contributed by atoms with van der Waals surface area (Å²) in [5.41, 5.74) is 0.891. The zero-order chi connectivity index (χ0) is 21.0. The molecule has 0 aromatic heterocycles. The predicted molar refractivity (Wildman–Crippen MR) is 123 cm³/mol. The molecule has 4 fully saturated rings. The minimum atomic E-state index is 0.314. The lowest BCUT2D eigenvalue weighted by atomic mass is 9.44. The Hall–Kier alpha value is -0.330. The molecule has 2 unspecified atom stereocenters. The van der Waals surface area contributed by atoms with Crippen LogP contribution < -0.4 is 0 Å². The van der Waals surface area contributed by atoms with Crippen LogP contribution in [0.4, 0.5) is 0 Å². The predicted octanol–water partition coefficient (Wildman–Crippen LogP) is 7.92. The van der Waals surface area contributed by atoms with E-state index in [2.05, 4.69) is 41.5 Å². The molecule has 0 N–H and O–H groups in total. The van der Waals surface area contributed by atoms with E-state index in [0.717, 1.165) is 41.9 Å². The summed E-state index contributed by atoms with van der Waals surface area (Å²) in [5.74, 6) is 6.67. The van der Waals surface area contributed by atoms with Crippen LogP contribution in [0.3, 0.4) is 0 Å². The summed E-state index contributed by atoms with van der Waals surface area (Å²) in [6, 6.07) is 0. The molecule has 4 aliphatic rings. The standard InChI is InChI=1S/C28H48O/c1-18(2)8-7-9-19(3)22-12-13-23-21-10-11-25-26(29)20(4)14-16-28(25,6)24(21)15-17-27(22,23)5/h18-25H,7-17H2,1-6H3/t19-,20?,21+,22-,23+,24+,25?,27-,28-/m1/s1. The van der Waals surface area contributed by atoms with Crippen LogP contribution in [0.25, 0.3) is 0 Å². The molecular formula is C28H48O. The Labute approximate surface area is 181 Å². The second-order valence-electron chi connectivity index (χ2n) is 12.9. The van der Waals surface area contributed by atoms with Gasteiger partial charge in [-0.05, 0) is 97.7 Å². The van der Waals surface area contributed by atoms with Crippen LogP contribution in [0.1, 0.15) is 112 Å². The molecule has 0 aliphatic heterocycles. The third kappa shape index (κ3) is 3.55. The Kier molecular flexibility index (Phi) is 6.02.